The van der Waals surface area contributed by atoms with Crippen LogP contribution in [0.4, 0.5) is 0 Å². The first-order chi connectivity index (χ1) is 8.59. The molecule has 3 rings (SSSR count). The average molecular weight is 243 g/mol. The van der Waals surface area contributed by atoms with Crippen molar-refractivity contribution in [3.05, 3.63) is 51.2 Å². The third-order valence-electron chi connectivity index (χ3n) is 3.07. The number of rotatable bonds is 0. The Morgan fingerprint density at radius 2 is 1.94 bits per heavy atom. The van der Waals surface area contributed by atoms with Crippen LogP contribution >= 0.6 is 0 Å². The van der Waals surface area contributed by atoms with Gasteiger partial charge in [-0.05, 0) is 12.1 Å². The van der Waals surface area contributed by atoms with Crippen LogP contribution in [0, 0.1) is 0 Å². The molecule has 0 spiro atoms. The van der Waals surface area contributed by atoms with E-state index in [-0.39, 0.29) is 5.56 Å². The standard InChI is InChI=1S/C13H11N2O3/c1-14-11(16)9-7-8-5-3-4-6-10(8)18-12(9)15(2)13(14)17/h3-7H,1-2H3/q+1. The maximum atomic E-state index is 12.0. The topological polar surface area (TPSA) is 56.1 Å². The van der Waals surface area contributed by atoms with Crippen LogP contribution in [0.3, 0.4) is 0 Å². The number of hydrogen-bond acceptors (Lipinski definition) is 3. The van der Waals surface area contributed by atoms with E-state index in [1.54, 1.807) is 19.2 Å². The Kier molecular flexibility index (Phi) is 2.10. The highest BCUT2D eigenvalue weighted by Crippen LogP contribution is 2.21. The molecule has 2 aliphatic rings. The highest BCUT2D eigenvalue weighted by molar-refractivity contribution is 5.81. The van der Waals surface area contributed by atoms with Gasteiger partial charge in [0.15, 0.2) is 5.56 Å². The molecule has 5 heteroatoms. The molecule has 0 aromatic heterocycles. The molecule has 0 N–H and O–H groups in total. The summed E-state index contributed by atoms with van der Waals surface area (Å²) >= 11 is 0. The normalized spacial score (nSPS) is 11.2. The Hall–Kier alpha value is -2.43. The van der Waals surface area contributed by atoms with Crippen LogP contribution in [0.2, 0.25) is 0 Å². The summed E-state index contributed by atoms with van der Waals surface area (Å²) in [6.45, 7) is 0. The number of nitrogens with zero attached hydrogens (tertiary/aromatic N) is 2. The van der Waals surface area contributed by atoms with Gasteiger partial charge in [-0.1, -0.05) is 18.2 Å². The monoisotopic (exact) mass is 243 g/mol. The molecule has 0 unspecified atom stereocenters. The minimum absolute atomic E-state index is 0.293. The van der Waals surface area contributed by atoms with Gasteiger partial charge in [0.25, 0.3) is 0 Å². The summed E-state index contributed by atoms with van der Waals surface area (Å²) in [5.41, 5.74) is 0.306. The third-order valence-corrected chi connectivity index (χ3v) is 3.07. The van der Waals surface area contributed by atoms with Gasteiger partial charge in [-0.25, -0.2) is 4.79 Å². The van der Waals surface area contributed by atoms with E-state index in [9.17, 15) is 9.59 Å². The van der Waals surface area contributed by atoms with Gasteiger partial charge in [-0.3, -0.25) is 0 Å². The van der Waals surface area contributed by atoms with Gasteiger partial charge >= 0.3 is 17.1 Å². The van der Waals surface area contributed by atoms with Crippen LogP contribution in [0.5, 0.6) is 0 Å². The maximum Gasteiger partial charge on any atom is 0.503 e. The lowest BCUT2D eigenvalue weighted by Gasteiger charge is -2.05. The molecule has 0 atom stereocenters. The molecular formula is C13H11N2O3+. The van der Waals surface area contributed by atoms with Gasteiger partial charge in [-0.2, -0.15) is 13.9 Å². The molecule has 0 radical (unpaired) electrons. The summed E-state index contributed by atoms with van der Waals surface area (Å²) in [6, 6.07) is 9.13. The van der Waals surface area contributed by atoms with E-state index in [4.69, 9.17) is 4.42 Å². The van der Waals surface area contributed by atoms with Crippen LogP contribution in [0.1, 0.15) is 0 Å². The fourth-order valence-corrected chi connectivity index (χ4v) is 2.05. The van der Waals surface area contributed by atoms with Crippen molar-refractivity contribution in [1.29, 1.82) is 0 Å². The van der Waals surface area contributed by atoms with Gasteiger partial charge in [0, 0.05) is 5.39 Å². The molecule has 0 bridgehead atoms. The molecule has 5 nitrogen and oxygen atoms in total. The molecular weight excluding hydrogens is 232 g/mol. The van der Waals surface area contributed by atoms with E-state index in [1.807, 2.05) is 18.2 Å². The van der Waals surface area contributed by atoms with Crippen LogP contribution in [0.15, 0.2) is 44.3 Å². The molecule has 0 saturated carbocycles. The van der Waals surface area contributed by atoms with E-state index >= 15 is 0 Å². The lowest BCUT2D eigenvalue weighted by Crippen LogP contribution is -2.57. The number of aromatic nitrogens is 2. The summed E-state index contributed by atoms with van der Waals surface area (Å²) in [5, 5.41) is 0.834. The van der Waals surface area contributed by atoms with Gasteiger partial charge in [0.1, 0.15) is 5.58 Å². The highest BCUT2D eigenvalue weighted by atomic mass is 16.3. The Labute approximate surface area is 102 Å². The van der Waals surface area contributed by atoms with Crippen LogP contribution in [-0.2, 0) is 14.1 Å². The van der Waals surface area contributed by atoms with Crippen molar-refractivity contribution in [3.63, 3.8) is 0 Å². The molecule has 0 amide bonds. The molecule has 1 aromatic carbocycles. The first-order valence-electron chi connectivity index (χ1n) is 5.51. The van der Waals surface area contributed by atoms with Gasteiger partial charge in [0.05, 0.1) is 14.1 Å². The van der Waals surface area contributed by atoms with Gasteiger partial charge < -0.3 is 4.42 Å². The number of hydrogen-bond donors (Lipinski definition) is 0. The van der Waals surface area contributed by atoms with Crippen molar-refractivity contribution in [2.24, 2.45) is 14.1 Å². The third kappa shape index (κ3) is 1.30. The van der Waals surface area contributed by atoms with Crippen LogP contribution in [0.25, 0.3) is 22.4 Å². The summed E-state index contributed by atoms with van der Waals surface area (Å²) in [4.78, 5) is 23.8. The van der Waals surface area contributed by atoms with Gasteiger partial charge in [0.2, 0.25) is 0 Å². The van der Waals surface area contributed by atoms with E-state index in [2.05, 4.69) is 0 Å². The highest BCUT2D eigenvalue weighted by Gasteiger charge is 2.25. The zero-order valence-electron chi connectivity index (χ0n) is 10.0. The lowest BCUT2D eigenvalue weighted by atomic mass is 10.1. The minimum atomic E-state index is -0.397. The summed E-state index contributed by atoms with van der Waals surface area (Å²) in [6.07, 6.45) is 0. The Morgan fingerprint density at radius 3 is 2.72 bits per heavy atom. The Morgan fingerprint density at radius 1 is 1.22 bits per heavy atom. The van der Waals surface area contributed by atoms with Gasteiger partial charge in [-0.15, -0.1) is 0 Å². The second-order valence-electron chi connectivity index (χ2n) is 4.21. The largest absolute Gasteiger partial charge is 0.503 e. The zero-order valence-corrected chi connectivity index (χ0v) is 10.0. The number of benzene rings is 1. The molecule has 18 heavy (non-hydrogen) atoms. The second kappa shape index (κ2) is 3.53. The SMILES string of the molecule is Cn1c(=O)c2cc3ccccc3oc-2[n+](C)c1=O. The van der Waals surface area contributed by atoms with Crippen molar-refractivity contribution in [1.82, 2.24) is 4.57 Å². The lowest BCUT2D eigenvalue weighted by molar-refractivity contribution is -0.688. The van der Waals surface area contributed by atoms with E-state index in [1.165, 1.54) is 11.6 Å². The van der Waals surface area contributed by atoms with Crippen molar-refractivity contribution in [2.75, 3.05) is 0 Å². The van der Waals surface area contributed by atoms with Crippen molar-refractivity contribution >= 4 is 11.0 Å². The summed E-state index contributed by atoms with van der Waals surface area (Å²) in [5.74, 6) is 0.293. The molecule has 0 aliphatic carbocycles. The predicted octanol–water partition coefficient (Wildman–Crippen LogP) is 0.421. The Bertz CT molecular complexity index is 845. The first-order valence-corrected chi connectivity index (χ1v) is 5.51. The van der Waals surface area contributed by atoms with Crippen LogP contribution < -0.4 is 15.8 Å². The number of fused-ring (bicyclic) bond motifs is 2. The van der Waals surface area contributed by atoms with Crippen molar-refractivity contribution in [3.8, 4) is 11.5 Å². The molecule has 2 heterocycles. The maximum absolute atomic E-state index is 12.0. The minimum Gasteiger partial charge on any atom is -0.422 e. The molecule has 90 valence electrons. The molecule has 1 aromatic rings. The van der Waals surface area contributed by atoms with Crippen LogP contribution in [-0.4, -0.2) is 4.57 Å². The fraction of sp³-hybridized carbons (Fsp3) is 0.154. The Balaban J connectivity index is 2.63. The van der Waals surface area contributed by atoms with E-state index in [0.717, 1.165) is 9.95 Å². The van der Waals surface area contributed by atoms with E-state index in [0.29, 0.717) is 17.0 Å². The smallest absolute Gasteiger partial charge is 0.422 e. The van der Waals surface area contributed by atoms with Crippen molar-refractivity contribution in [2.45, 2.75) is 0 Å². The second-order valence-corrected chi connectivity index (χ2v) is 4.21. The van der Waals surface area contributed by atoms with E-state index < -0.39 is 5.69 Å². The fourth-order valence-electron chi connectivity index (χ4n) is 2.05. The quantitative estimate of drug-likeness (QED) is 0.425. The zero-order chi connectivity index (χ0) is 12.9. The molecule has 2 aliphatic heterocycles. The average Bonchev–Trinajstić information content (AvgIpc) is 2.41. The first kappa shape index (κ1) is 10.7. The summed E-state index contributed by atoms with van der Waals surface area (Å²) in [7, 11) is 3.04. The number of para-hydroxylation sites is 1. The summed E-state index contributed by atoms with van der Waals surface area (Å²) < 4.78 is 8.06. The molecule has 0 fully saturated rings. The van der Waals surface area contributed by atoms with Crippen molar-refractivity contribution < 1.29 is 8.98 Å². The molecule has 0 saturated heterocycles. The predicted molar refractivity (Wildman–Crippen MR) is 65.5 cm³/mol.